The van der Waals surface area contributed by atoms with Gasteiger partial charge in [0.2, 0.25) is 5.91 Å². The van der Waals surface area contributed by atoms with Gasteiger partial charge in [-0.05, 0) is 25.0 Å². The number of hydrogen-bond donors (Lipinski definition) is 1. The van der Waals surface area contributed by atoms with Crippen LogP contribution in [-0.4, -0.2) is 26.6 Å². The zero-order valence-corrected chi connectivity index (χ0v) is 11.8. The lowest BCUT2D eigenvalue weighted by molar-refractivity contribution is -0.139. The smallest absolute Gasteiger partial charge is 0.356 e. The van der Waals surface area contributed by atoms with Gasteiger partial charge in [0.25, 0.3) is 0 Å². The minimum absolute atomic E-state index is 0.360. The van der Waals surface area contributed by atoms with Crippen molar-refractivity contribution in [3.05, 3.63) is 29.8 Å². The first-order valence-corrected chi connectivity index (χ1v) is 8.04. The highest BCUT2D eigenvalue weighted by atomic mass is 32.2. The van der Waals surface area contributed by atoms with E-state index in [1.165, 1.54) is 6.07 Å². The van der Waals surface area contributed by atoms with Crippen LogP contribution >= 0.6 is 0 Å². The normalized spacial score (nSPS) is 20.1. The highest BCUT2D eigenvalue weighted by Crippen LogP contribution is 2.35. The average molecular weight is 321 g/mol. The van der Waals surface area contributed by atoms with Crippen LogP contribution in [0.5, 0.6) is 0 Å². The molecule has 21 heavy (non-hydrogen) atoms. The van der Waals surface area contributed by atoms with Crippen molar-refractivity contribution in [3.8, 4) is 0 Å². The van der Waals surface area contributed by atoms with Crippen LogP contribution in [0, 0.1) is 5.92 Å². The van der Waals surface area contributed by atoms with E-state index in [0.717, 1.165) is 18.2 Å². The molecular weight excluding hydrogens is 307 g/mol. The van der Waals surface area contributed by atoms with Crippen LogP contribution in [0.1, 0.15) is 18.4 Å². The Morgan fingerprint density at radius 1 is 1.24 bits per heavy atom. The Labute approximate surface area is 120 Å². The van der Waals surface area contributed by atoms with Crippen molar-refractivity contribution >= 4 is 15.7 Å². The number of sulfone groups is 1. The van der Waals surface area contributed by atoms with Crippen molar-refractivity contribution in [2.75, 3.05) is 12.3 Å². The van der Waals surface area contributed by atoms with E-state index in [1.54, 1.807) is 0 Å². The van der Waals surface area contributed by atoms with Gasteiger partial charge in [0.05, 0.1) is 22.1 Å². The van der Waals surface area contributed by atoms with Gasteiger partial charge in [-0.3, -0.25) is 4.79 Å². The number of halogens is 3. The molecule has 1 aliphatic rings. The molecule has 2 rings (SSSR count). The molecule has 116 valence electrons. The third-order valence-electron chi connectivity index (χ3n) is 3.35. The predicted octanol–water partition coefficient (Wildman–Crippen LogP) is 2.01. The monoisotopic (exact) mass is 321 g/mol. The highest BCUT2D eigenvalue weighted by molar-refractivity contribution is 7.91. The van der Waals surface area contributed by atoms with E-state index >= 15 is 0 Å². The van der Waals surface area contributed by atoms with E-state index in [9.17, 15) is 26.4 Å². The van der Waals surface area contributed by atoms with Gasteiger partial charge in [0.15, 0.2) is 9.84 Å². The Hall–Kier alpha value is -1.57. The molecule has 0 radical (unpaired) electrons. The number of carbonyl (C=O) groups is 1. The third kappa shape index (κ3) is 3.55. The van der Waals surface area contributed by atoms with Gasteiger partial charge in [-0.25, -0.2) is 8.42 Å². The van der Waals surface area contributed by atoms with Gasteiger partial charge < -0.3 is 5.32 Å². The van der Waals surface area contributed by atoms with Crippen LogP contribution in [0.3, 0.4) is 0 Å². The summed E-state index contributed by atoms with van der Waals surface area (Å²) >= 11 is 0. The van der Waals surface area contributed by atoms with Crippen molar-refractivity contribution in [1.82, 2.24) is 5.32 Å². The summed E-state index contributed by atoms with van der Waals surface area (Å²) in [7, 11) is -4.19. The maximum absolute atomic E-state index is 12.9. The molecule has 8 heteroatoms. The topological polar surface area (TPSA) is 63.2 Å². The molecule has 1 saturated heterocycles. The Kier molecular flexibility index (Phi) is 4.27. The molecule has 1 atom stereocenters. The first-order valence-electron chi connectivity index (χ1n) is 6.38. The Balaban J connectivity index is 2.34. The van der Waals surface area contributed by atoms with Gasteiger partial charge in [0.1, 0.15) is 0 Å². The highest BCUT2D eigenvalue weighted by Gasteiger charge is 2.38. The first kappa shape index (κ1) is 15.8. The molecule has 0 unspecified atom stereocenters. The molecule has 0 aliphatic carbocycles. The molecule has 1 heterocycles. The Morgan fingerprint density at radius 3 is 2.52 bits per heavy atom. The quantitative estimate of drug-likeness (QED) is 0.926. The summed E-state index contributed by atoms with van der Waals surface area (Å²) in [5.74, 6) is -1.83. The Bertz CT molecular complexity index is 640. The molecule has 1 aromatic carbocycles. The summed E-state index contributed by atoms with van der Waals surface area (Å²) in [5.41, 5.74) is -1.19. The fraction of sp³-hybridized carbons (Fsp3) is 0.462. The molecule has 0 bridgehead atoms. The van der Waals surface area contributed by atoms with Crippen LogP contribution in [0.15, 0.2) is 29.2 Å². The van der Waals surface area contributed by atoms with Crippen LogP contribution in [-0.2, 0) is 20.8 Å². The molecule has 1 aliphatic heterocycles. The van der Waals surface area contributed by atoms with E-state index in [4.69, 9.17) is 0 Å². The average Bonchev–Trinajstić information content (AvgIpc) is 2.40. The summed E-state index contributed by atoms with van der Waals surface area (Å²) in [6, 6.07) is 4.03. The van der Waals surface area contributed by atoms with Crippen molar-refractivity contribution in [2.24, 2.45) is 5.92 Å². The fourth-order valence-corrected chi connectivity index (χ4v) is 4.15. The number of carbonyl (C=O) groups excluding carboxylic acids is 1. The molecule has 4 nitrogen and oxygen atoms in total. The molecule has 1 fully saturated rings. The summed E-state index contributed by atoms with van der Waals surface area (Å²) in [6.45, 7) is 0.467. The molecule has 0 aromatic heterocycles. The lowest BCUT2D eigenvalue weighted by Gasteiger charge is -2.22. The molecule has 0 spiro atoms. The minimum Gasteiger partial charge on any atom is -0.356 e. The fourth-order valence-electron chi connectivity index (χ4n) is 2.32. The van der Waals surface area contributed by atoms with Gasteiger partial charge in [0, 0.05) is 6.54 Å². The first-order chi connectivity index (χ1) is 9.72. The summed E-state index contributed by atoms with van der Waals surface area (Å²) < 4.78 is 63.1. The maximum atomic E-state index is 12.9. The van der Waals surface area contributed by atoms with Gasteiger partial charge in [-0.2, -0.15) is 13.2 Å². The number of benzene rings is 1. The molecule has 1 amide bonds. The lowest BCUT2D eigenvalue weighted by atomic mass is 10.0. The van der Waals surface area contributed by atoms with Crippen molar-refractivity contribution in [1.29, 1.82) is 0 Å². The maximum Gasteiger partial charge on any atom is 0.417 e. The summed E-state index contributed by atoms with van der Waals surface area (Å²) in [5, 5.41) is 2.53. The van der Waals surface area contributed by atoms with E-state index in [1.807, 2.05) is 0 Å². The Morgan fingerprint density at radius 2 is 1.90 bits per heavy atom. The number of amides is 1. The second-order valence-electron chi connectivity index (χ2n) is 4.91. The summed E-state index contributed by atoms with van der Waals surface area (Å²) in [4.78, 5) is 10.8. The zero-order valence-electron chi connectivity index (χ0n) is 11.0. The van der Waals surface area contributed by atoms with Crippen LogP contribution in [0.2, 0.25) is 0 Å². The van der Waals surface area contributed by atoms with Crippen molar-refractivity contribution < 1.29 is 26.4 Å². The number of piperidine rings is 1. The number of rotatable bonds is 3. The zero-order chi connectivity index (χ0) is 15.7. The molecule has 1 aromatic rings. The molecule has 0 saturated carbocycles. The van der Waals surface area contributed by atoms with Gasteiger partial charge >= 0.3 is 6.18 Å². The predicted molar refractivity (Wildman–Crippen MR) is 69.2 cm³/mol. The largest absolute Gasteiger partial charge is 0.417 e. The van der Waals surface area contributed by atoms with Crippen LogP contribution in [0.4, 0.5) is 13.2 Å². The number of nitrogens with one attached hydrogen (secondary N) is 1. The van der Waals surface area contributed by atoms with E-state index in [2.05, 4.69) is 5.32 Å². The second kappa shape index (κ2) is 5.67. The van der Waals surface area contributed by atoms with E-state index in [-0.39, 0.29) is 0 Å². The SMILES string of the molecule is O=C1NCCC[C@@H]1CS(=O)(=O)c1ccccc1C(F)(F)F. The van der Waals surface area contributed by atoms with Crippen molar-refractivity contribution in [2.45, 2.75) is 23.9 Å². The second-order valence-corrected chi connectivity index (χ2v) is 6.91. The van der Waals surface area contributed by atoms with E-state index < -0.39 is 44.1 Å². The van der Waals surface area contributed by atoms with Crippen LogP contribution in [0.25, 0.3) is 0 Å². The number of alkyl halides is 3. The van der Waals surface area contributed by atoms with Crippen molar-refractivity contribution in [3.63, 3.8) is 0 Å². The van der Waals surface area contributed by atoms with Crippen LogP contribution < -0.4 is 5.32 Å². The standard InChI is InChI=1S/C13H14F3NO3S/c14-13(15,16)10-5-1-2-6-11(10)21(19,20)8-9-4-3-7-17-12(9)18/h1-2,5-6,9H,3-4,7-8H2,(H,17,18)/t9-/m1/s1. The summed E-state index contributed by atoms with van der Waals surface area (Å²) in [6.07, 6.45) is -3.77. The molecular formula is C13H14F3NO3S. The van der Waals surface area contributed by atoms with E-state index in [0.29, 0.717) is 19.4 Å². The lowest BCUT2D eigenvalue weighted by Crippen LogP contribution is -2.39. The van der Waals surface area contributed by atoms with Gasteiger partial charge in [-0.15, -0.1) is 0 Å². The van der Waals surface area contributed by atoms with Gasteiger partial charge in [-0.1, -0.05) is 12.1 Å². The molecule has 1 N–H and O–H groups in total. The minimum atomic E-state index is -4.75. The number of hydrogen-bond acceptors (Lipinski definition) is 3. The third-order valence-corrected chi connectivity index (χ3v) is 5.21.